The molecular weight excluding hydrogens is 340 g/mol. The molecule has 4 rings (SSSR count). The first-order chi connectivity index (χ1) is 11.7. The minimum atomic E-state index is -4.73. The number of carbonyl (C=O) groups excluding carboxylic acids is 2. The number of hydrogen-bond acceptors (Lipinski definition) is 3. The lowest BCUT2D eigenvalue weighted by molar-refractivity contribution is -0.141. The van der Waals surface area contributed by atoms with E-state index < -0.39 is 34.9 Å². The van der Waals surface area contributed by atoms with Gasteiger partial charge < -0.3 is 0 Å². The number of fused-ring (bicyclic) bond motifs is 4. The summed E-state index contributed by atoms with van der Waals surface area (Å²) >= 11 is 0. The third-order valence-electron chi connectivity index (χ3n) is 4.75. The highest BCUT2D eigenvalue weighted by Crippen LogP contribution is 2.47. The van der Waals surface area contributed by atoms with Gasteiger partial charge in [-0.2, -0.15) is 13.2 Å². The molecule has 1 aliphatic heterocycles. The van der Waals surface area contributed by atoms with Crippen LogP contribution in [0.15, 0.2) is 30.3 Å². The molecule has 8 heteroatoms. The molecule has 1 atom stereocenters. The summed E-state index contributed by atoms with van der Waals surface area (Å²) in [5.74, 6) is -2.20. The number of nitrogens with one attached hydrogen (secondary N) is 1. The first kappa shape index (κ1) is 15.7. The minimum Gasteiger partial charge on any atom is -0.291 e. The predicted molar refractivity (Wildman–Crippen MR) is 77.2 cm³/mol. The van der Waals surface area contributed by atoms with Gasteiger partial charge in [0.1, 0.15) is 16.9 Å². The van der Waals surface area contributed by atoms with Gasteiger partial charge in [0.25, 0.3) is 5.91 Å². The molecule has 4 nitrogen and oxygen atoms in total. The topological polar surface area (TPSA) is 59.1 Å². The minimum absolute atomic E-state index is 0.107. The van der Waals surface area contributed by atoms with E-state index in [9.17, 15) is 27.2 Å². The van der Waals surface area contributed by atoms with Crippen molar-refractivity contribution in [3.05, 3.63) is 64.2 Å². The Morgan fingerprint density at radius 3 is 2.60 bits per heavy atom. The van der Waals surface area contributed by atoms with Crippen molar-refractivity contribution in [2.45, 2.75) is 24.4 Å². The maximum absolute atomic E-state index is 13.7. The van der Waals surface area contributed by atoms with Crippen LogP contribution in [0.5, 0.6) is 0 Å². The van der Waals surface area contributed by atoms with Gasteiger partial charge in [0, 0.05) is 0 Å². The second kappa shape index (κ2) is 4.87. The smallest absolute Gasteiger partial charge is 0.291 e. The number of imide groups is 1. The number of pyridine rings is 1. The Bertz CT molecular complexity index is 939. The van der Waals surface area contributed by atoms with Gasteiger partial charge in [0.05, 0.1) is 11.3 Å². The van der Waals surface area contributed by atoms with Crippen LogP contribution in [0.4, 0.5) is 17.6 Å². The Balaban J connectivity index is 2.04. The molecule has 0 bridgehead atoms. The number of nitrogens with zero attached hydrogens (tertiary/aromatic N) is 1. The third kappa shape index (κ3) is 2.09. The lowest BCUT2D eigenvalue weighted by Gasteiger charge is -2.34. The molecule has 1 aromatic carbocycles. The van der Waals surface area contributed by atoms with E-state index in [4.69, 9.17) is 0 Å². The summed E-state index contributed by atoms with van der Waals surface area (Å²) in [4.78, 5) is 28.3. The zero-order valence-corrected chi connectivity index (χ0v) is 12.6. The maximum atomic E-state index is 13.7. The summed E-state index contributed by atoms with van der Waals surface area (Å²) in [6.07, 6.45) is -4.24. The summed E-state index contributed by atoms with van der Waals surface area (Å²) in [7, 11) is 0. The van der Waals surface area contributed by atoms with Crippen molar-refractivity contribution in [3.8, 4) is 0 Å². The Labute approximate surface area is 138 Å². The van der Waals surface area contributed by atoms with Crippen molar-refractivity contribution in [1.29, 1.82) is 0 Å². The predicted octanol–water partition coefficient (Wildman–Crippen LogP) is 2.74. The van der Waals surface area contributed by atoms with E-state index in [0.717, 1.165) is 12.1 Å². The molecule has 0 saturated heterocycles. The number of hydrogen-bond donors (Lipinski definition) is 1. The van der Waals surface area contributed by atoms with E-state index in [0.29, 0.717) is 18.1 Å². The lowest BCUT2D eigenvalue weighted by Crippen LogP contribution is -2.52. The Morgan fingerprint density at radius 2 is 1.88 bits per heavy atom. The van der Waals surface area contributed by atoms with E-state index in [1.54, 1.807) is 0 Å². The molecule has 2 aliphatic rings. The number of carbonyl (C=O) groups is 2. The fourth-order valence-corrected chi connectivity index (χ4v) is 3.61. The zero-order valence-electron chi connectivity index (χ0n) is 12.6. The number of aryl methyl sites for hydroxylation is 1. The van der Waals surface area contributed by atoms with Crippen molar-refractivity contribution >= 4 is 11.8 Å². The molecule has 2 amide bonds. The van der Waals surface area contributed by atoms with E-state index in [-0.39, 0.29) is 23.2 Å². The molecule has 2 aromatic rings. The van der Waals surface area contributed by atoms with Gasteiger partial charge in [-0.25, -0.2) is 9.37 Å². The number of alkyl halides is 3. The van der Waals surface area contributed by atoms with E-state index in [1.807, 2.05) is 0 Å². The van der Waals surface area contributed by atoms with Gasteiger partial charge >= 0.3 is 6.18 Å². The molecule has 0 radical (unpaired) electrons. The van der Waals surface area contributed by atoms with Gasteiger partial charge in [-0.3, -0.25) is 14.9 Å². The first-order valence-corrected chi connectivity index (χ1v) is 7.47. The van der Waals surface area contributed by atoms with Crippen molar-refractivity contribution in [3.63, 3.8) is 0 Å². The zero-order chi connectivity index (χ0) is 18.0. The van der Waals surface area contributed by atoms with E-state index in [2.05, 4.69) is 10.3 Å². The Hall–Kier alpha value is -2.77. The quantitative estimate of drug-likeness (QED) is 0.587. The number of amides is 2. The summed E-state index contributed by atoms with van der Waals surface area (Å²) in [6, 6.07) is 5.55. The van der Waals surface area contributed by atoms with Crippen LogP contribution in [0, 0.1) is 5.82 Å². The Kier molecular flexibility index (Phi) is 3.07. The highest BCUT2D eigenvalue weighted by molar-refractivity contribution is 6.14. The van der Waals surface area contributed by atoms with Gasteiger partial charge in [-0.05, 0) is 48.2 Å². The van der Waals surface area contributed by atoms with Crippen LogP contribution in [0.3, 0.4) is 0 Å². The fraction of sp³-hybridized carbons (Fsp3) is 0.235. The fourth-order valence-electron chi connectivity index (χ4n) is 3.61. The second-order valence-electron chi connectivity index (χ2n) is 6.08. The van der Waals surface area contributed by atoms with Gasteiger partial charge in [-0.15, -0.1) is 0 Å². The highest BCUT2D eigenvalue weighted by Gasteiger charge is 2.53. The second-order valence-corrected chi connectivity index (χ2v) is 6.08. The largest absolute Gasteiger partial charge is 0.433 e. The first-order valence-electron chi connectivity index (χ1n) is 7.47. The van der Waals surface area contributed by atoms with Crippen molar-refractivity contribution < 1.29 is 27.2 Å². The molecule has 25 heavy (non-hydrogen) atoms. The number of halogens is 4. The van der Waals surface area contributed by atoms with E-state index in [1.165, 1.54) is 12.1 Å². The van der Waals surface area contributed by atoms with Crippen LogP contribution in [0.2, 0.25) is 0 Å². The third-order valence-corrected chi connectivity index (χ3v) is 4.75. The average Bonchev–Trinajstić information content (AvgIpc) is 2.91. The molecular formula is C17H10F4N2O2. The molecule has 0 saturated carbocycles. The molecule has 1 aromatic heterocycles. The van der Waals surface area contributed by atoms with Crippen LogP contribution in [0.1, 0.15) is 39.3 Å². The number of rotatable bonds is 0. The monoisotopic (exact) mass is 350 g/mol. The number of aromatic nitrogens is 1. The van der Waals surface area contributed by atoms with Gasteiger partial charge in [0.2, 0.25) is 5.91 Å². The molecule has 1 aliphatic carbocycles. The van der Waals surface area contributed by atoms with Crippen LogP contribution < -0.4 is 5.32 Å². The molecule has 0 fully saturated rings. The molecule has 1 unspecified atom stereocenters. The highest BCUT2D eigenvalue weighted by atomic mass is 19.4. The van der Waals surface area contributed by atoms with Crippen LogP contribution in [0.25, 0.3) is 0 Å². The normalized spacial score (nSPS) is 21.9. The molecule has 1 spiro atoms. The summed E-state index contributed by atoms with van der Waals surface area (Å²) in [5, 5.41) is 2.17. The van der Waals surface area contributed by atoms with Crippen molar-refractivity contribution in [2.75, 3.05) is 0 Å². The lowest BCUT2D eigenvalue weighted by atomic mass is 9.73. The molecule has 2 heterocycles. The summed E-state index contributed by atoms with van der Waals surface area (Å²) in [5.41, 5.74) is -2.26. The molecule has 1 N–H and O–H groups in total. The standard InChI is InChI=1S/C17H10F4N2O2/c18-9-2-1-8-5-6-16(11(8)7-9)13-10(14(24)23-15(16)25)3-4-12(22-13)17(19,20)21/h1-4,7H,5-6H2,(H,23,24,25). The summed E-state index contributed by atoms with van der Waals surface area (Å²) in [6.45, 7) is 0. The van der Waals surface area contributed by atoms with Gasteiger partial charge in [0.15, 0.2) is 0 Å². The maximum Gasteiger partial charge on any atom is 0.433 e. The molecule has 128 valence electrons. The van der Waals surface area contributed by atoms with Crippen molar-refractivity contribution in [1.82, 2.24) is 10.3 Å². The Morgan fingerprint density at radius 1 is 1.12 bits per heavy atom. The SMILES string of the molecule is O=C1NC(=O)C2(CCc3ccc(F)cc32)c2nc(C(F)(F)F)ccc21. The van der Waals surface area contributed by atoms with Gasteiger partial charge in [-0.1, -0.05) is 6.07 Å². The average molecular weight is 350 g/mol. The van der Waals surface area contributed by atoms with Crippen LogP contribution >= 0.6 is 0 Å². The van der Waals surface area contributed by atoms with E-state index >= 15 is 0 Å². The summed E-state index contributed by atoms with van der Waals surface area (Å²) < 4.78 is 53.0. The van der Waals surface area contributed by atoms with Crippen LogP contribution in [-0.4, -0.2) is 16.8 Å². The van der Waals surface area contributed by atoms with Crippen molar-refractivity contribution in [2.24, 2.45) is 0 Å². The number of benzene rings is 1. The van der Waals surface area contributed by atoms with Crippen LogP contribution in [-0.2, 0) is 22.8 Å².